The third-order valence-electron chi connectivity index (χ3n) is 5.68. The molecule has 1 aromatic heterocycles. The van der Waals surface area contributed by atoms with E-state index >= 15 is 0 Å². The van der Waals surface area contributed by atoms with Gasteiger partial charge in [-0.05, 0) is 50.2 Å². The minimum Gasteiger partial charge on any atom is -0.326 e. The molecule has 182 valence electrons. The summed E-state index contributed by atoms with van der Waals surface area (Å²) in [6, 6.07) is 21.1. The molecule has 0 aliphatic heterocycles. The molecule has 0 saturated carbocycles. The van der Waals surface area contributed by atoms with Crippen molar-refractivity contribution >= 4 is 17.8 Å². The lowest BCUT2D eigenvalue weighted by Crippen LogP contribution is -2.38. The average Bonchev–Trinajstić information content (AvgIpc) is 3.28. The molecular formula is C29H27FN4O2. The first kappa shape index (κ1) is 24.6. The highest BCUT2D eigenvalue weighted by Crippen LogP contribution is 2.25. The maximum atomic E-state index is 13.3. The first-order chi connectivity index (χ1) is 17.3. The Morgan fingerprint density at radius 2 is 1.58 bits per heavy atom. The topological polar surface area (TPSA) is 67.2 Å². The summed E-state index contributed by atoms with van der Waals surface area (Å²) in [6.45, 7) is 7.64. The normalized spacial score (nSPS) is 10.6. The molecule has 0 aliphatic carbocycles. The zero-order valence-electron chi connectivity index (χ0n) is 20.2. The highest BCUT2D eigenvalue weighted by Gasteiger charge is 2.20. The van der Waals surface area contributed by atoms with Gasteiger partial charge in [0.2, 0.25) is 11.9 Å². The fraction of sp³-hybridized carbons (Fsp3) is 0.138. The third-order valence-corrected chi connectivity index (χ3v) is 5.68. The molecule has 0 radical (unpaired) electrons. The number of halogens is 1. The first-order valence-corrected chi connectivity index (χ1v) is 11.5. The van der Waals surface area contributed by atoms with Gasteiger partial charge in [-0.2, -0.15) is 0 Å². The van der Waals surface area contributed by atoms with E-state index in [1.54, 1.807) is 0 Å². The largest absolute Gasteiger partial charge is 0.326 e. The maximum absolute atomic E-state index is 13.3. The minimum absolute atomic E-state index is 0.157. The molecule has 0 fully saturated rings. The maximum Gasteiger partial charge on any atom is 0.254 e. The van der Waals surface area contributed by atoms with Crippen molar-refractivity contribution in [3.05, 3.63) is 114 Å². The Labute approximate surface area is 209 Å². The van der Waals surface area contributed by atoms with Crippen LogP contribution < -0.4 is 5.32 Å². The molecule has 4 rings (SSSR count). The molecule has 0 bridgehead atoms. The Hall–Kier alpha value is -4.52. The smallest absolute Gasteiger partial charge is 0.254 e. The van der Waals surface area contributed by atoms with Crippen LogP contribution >= 0.6 is 0 Å². The summed E-state index contributed by atoms with van der Waals surface area (Å²) in [7, 11) is 0. The van der Waals surface area contributed by atoms with Gasteiger partial charge >= 0.3 is 0 Å². The molecule has 0 unspecified atom stereocenters. The lowest BCUT2D eigenvalue weighted by molar-refractivity contribution is -0.116. The van der Waals surface area contributed by atoms with Crippen LogP contribution in [0.2, 0.25) is 0 Å². The average molecular weight is 483 g/mol. The summed E-state index contributed by atoms with van der Waals surface area (Å²) in [5.41, 5.74) is 5.00. The van der Waals surface area contributed by atoms with E-state index in [2.05, 4.69) is 16.9 Å². The van der Waals surface area contributed by atoms with E-state index in [4.69, 9.17) is 0 Å². The Bertz CT molecular complexity index is 1370. The summed E-state index contributed by atoms with van der Waals surface area (Å²) in [5, 5.41) is 2.85. The zero-order chi connectivity index (χ0) is 25.7. The lowest BCUT2D eigenvalue weighted by atomic mass is 10.1. The fourth-order valence-corrected chi connectivity index (χ4v) is 3.72. The molecule has 0 atom stereocenters. The number of carbonyl (C=O) groups is 2. The number of anilines is 1. The molecule has 7 heteroatoms. The van der Waals surface area contributed by atoms with Gasteiger partial charge in [0.05, 0.1) is 5.69 Å². The first-order valence-electron chi connectivity index (χ1n) is 11.5. The molecule has 36 heavy (non-hydrogen) atoms. The van der Waals surface area contributed by atoms with Crippen molar-refractivity contribution in [1.29, 1.82) is 0 Å². The SMILES string of the molecule is C=CCN(CC(=O)Nc1nc(-c2ccc(C)cc2)cn1-c1ccc(C)cc1)C(=O)c1ccc(F)cc1. The lowest BCUT2D eigenvalue weighted by Gasteiger charge is -2.20. The second-order valence-corrected chi connectivity index (χ2v) is 8.55. The molecule has 4 aromatic rings. The predicted molar refractivity (Wildman–Crippen MR) is 140 cm³/mol. The number of hydrogen-bond donors (Lipinski definition) is 1. The van der Waals surface area contributed by atoms with Gasteiger partial charge in [-0.15, -0.1) is 6.58 Å². The van der Waals surface area contributed by atoms with Crippen LogP contribution in [0.3, 0.4) is 0 Å². The molecule has 6 nitrogen and oxygen atoms in total. The molecular weight excluding hydrogens is 455 g/mol. The quantitative estimate of drug-likeness (QED) is 0.334. The standard InChI is InChI=1S/C29H27FN4O2/c1-4-17-33(28(36)23-11-13-24(30)14-12-23)19-27(35)32-29-31-26(22-9-5-20(2)6-10-22)18-34(29)25-15-7-21(3)8-16-25/h4-16,18H,1,17,19H2,2-3H3,(H,31,32,35). The van der Waals surface area contributed by atoms with Crippen molar-refractivity contribution in [1.82, 2.24) is 14.5 Å². The Morgan fingerprint density at radius 1 is 0.972 bits per heavy atom. The molecule has 0 aliphatic rings. The summed E-state index contributed by atoms with van der Waals surface area (Å²) in [5.74, 6) is -0.909. The van der Waals surface area contributed by atoms with Gasteiger partial charge in [0.15, 0.2) is 0 Å². The van der Waals surface area contributed by atoms with Crippen molar-refractivity contribution in [2.75, 3.05) is 18.4 Å². The summed E-state index contributed by atoms with van der Waals surface area (Å²) >= 11 is 0. The molecule has 0 saturated heterocycles. The van der Waals surface area contributed by atoms with Gasteiger partial charge < -0.3 is 4.90 Å². The van der Waals surface area contributed by atoms with Crippen molar-refractivity contribution in [2.45, 2.75) is 13.8 Å². The van der Waals surface area contributed by atoms with Crippen LogP contribution in [0.15, 0.2) is 91.6 Å². The van der Waals surface area contributed by atoms with Crippen molar-refractivity contribution in [2.24, 2.45) is 0 Å². The van der Waals surface area contributed by atoms with Crippen LogP contribution in [0, 0.1) is 19.7 Å². The number of nitrogens with zero attached hydrogens (tertiary/aromatic N) is 3. The number of benzene rings is 3. The second-order valence-electron chi connectivity index (χ2n) is 8.55. The summed E-state index contributed by atoms with van der Waals surface area (Å²) in [4.78, 5) is 32.0. The van der Waals surface area contributed by atoms with E-state index in [9.17, 15) is 14.0 Å². The van der Waals surface area contributed by atoms with Crippen molar-refractivity contribution in [3.63, 3.8) is 0 Å². The van der Waals surface area contributed by atoms with Crippen LogP contribution in [0.4, 0.5) is 10.3 Å². The third kappa shape index (κ3) is 5.75. The van der Waals surface area contributed by atoms with Crippen molar-refractivity contribution in [3.8, 4) is 16.9 Å². The van der Waals surface area contributed by atoms with E-state index in [-0.39, 0.29) is 18.7 Å². The number of hydrogen-bond acceptors (Lipinski definition) is 3. The second kappa shape index (κ2) is 10.8. The number of aryl methyl sites for hydroxylation is 2. The summed E-state index contributed by atoms with van der Waals surface area (Å²) < 4.78 is 15.1. The number of aromatic nitrogens is 2. The summed E-state index contributed by atoms with van der Waals surface area (Å²) in [6.07, 6.45) is 3.41. The fourth-order valence-electron chi connectivity index (χ4n) is 3.72. The van der Waals surface area contributed by atoms with Crippen LogP contribution in [0.25, 0.3) is 16.9 Å². The highest BCUT2D eigenvalue weighted by atomic mass is 19.1. The van der Waals surface area contributed by atoms with Crippen LogP contribution in [-0.2, 0) is 4.79 Å². The van der Waals surface area contributed by atoms with E-state index in [0.717, 1.165) is 22.4 Å². The number of nitrogens with one attached hydrogen (secondary N) is 1. The number of rotatable bonds is 8. The van der Waals surface area contributed by atoms with E-state index in [0.29, 0.717) is 11.6 Å². The van der Waals surface area contributed by atoms with Gasteiger partial charge in [0.25, 0.3) is 5.91 Å². The van der Waals surface area contributed by atoms with E-state index in [1.165, 1.54) is 35.2 Å². The van der Waals surface area contributed by atoms with Gasteiger partial charge in [0.1, 0.15) is 12.4 Å². The Balaban J connectivity index is 1.60. The molecule has 1 heterocycles. The monoisotopic (exact) mass is 482 g/mol. The minimum atomic E-state index is -0.438. The molecule has 1 N–H and O–H groups in total. The van der Waals surface area contributed by atoms with Crippen LogP contribution in [0.5, 0.6) is 0 Å². The van der Waals surface area contributed by atoms with Crippen molar-refractivity contribution < 1.29 is 14.0 Å². The number of amides is 2. The van der Waals surface area contributed by atoms with E-state index < -0.39 is 17.6 Å². The predicted octanol–water partition coefficient (Wildman–Crippen LogP) is 5.56. The Morgan fingerprint density at radius 3 is 2.19 bits per heavy atom. The van der Waals surface area contributed by atoms with Crippen LogP contribution in [0.1, 0.15) is 21.5 Å². The van der Waals surface area contributed by atoms with Gasteiger partial charge in [0, 0.05) is 29.6 Å². The highest BCUT2D eigenvalue weighted by molar-refractivity contribution is 5.99. The van der Waals surface area contributed by atoms with Gasteiger partial charge in [-0.3, -0.25) is 19.5 Å². The number of imidazole rings is 1. The number of carbonyl (C=O) groups excluding carboxylic acids is 2. The van der Waals surface area contributed by atoms with Gasteiger partial charge in [-0.25, -0.2) is 9.37 Å². The van der Waals surface area contributed by atoms with Crippen LogP contribution in [-0.4, -0.2) is 39.4 Å². The molecule has 0 spiro atoms. The Kier molecular flexibility index (Phi) is 7.39. The molecule has 2 amide bonds. The molecule has 3 aromatic carbocycles. The van der Waals surface area contributed by atoms with E-state index in [1.807, 2.05) is 73.1 Å². The zero-order valence-corrected chi connectivity index (χ0v) is 20.2. The van der Waals surface area contributed by atoms with Gasteiger partial charge in [-0.1, -0.05) is 53.6 Å².